The van der Waals surface area contributed by atoms with Crippen molar-refractivity contribution in [1.82, 2.24) is 15.2 Å². The van der Waals surface area contributed by atoms with E-state index >= 15 is 0 Å². The number of rotatable bonds is 4. The van der Waals surface area contributed by atoms with E-state index in [0.717, 1.165) is 12.2 Å². The summed E-state index contributed by atoms with van der Waals surface area (Å²) in [4.78, 5) is 30.3. The second kappa shape index (κ2) is 5.26. The van der Waals surface area contributed by atoms with Crippen LogP contribution in [0, 0.1) is 0 Å². The number of nitrogens with zero attached hydrogens (tertiary/aromatic N) is 2. The number of aromatic nitrogens is 1. The largest absolute Gasteiger partial charge is 0.444 e. The number of oxazole rings is 1. The van der Waals surface area contributed by atoms with Crippen LogP contribution in [0.15, 0.2) is 10.6 Å². The molecule has 0 saturated carbocycles. The maximum atomic E-state index is 12.5. The van der Waals surface area contributed by atoms with Crippen molar-refractivity contribution in [2.45, 2.75) is 58.7 Å². The van der Waals surface area contributed by atoms with Crippen LogP contribution in [0.4, 0.5) is 0 Å². The first-order valence-corrected chi connectivity index (χ1v) is 6.95. The van der Waals surface area contributed by atoms with Crippen LogP contribution < -0.4 is 5.32 Å². The van der Waals surface area contributed by atoms with E-state index in [4.69, 9.17) is 4.42 Å². The highest BCUT2D eigenvalue weighted by molar-refractivity contribution is 5.99. The molecule has 1 fully saturated rings. The van der Waals surface area contributed by atoms with Gasteiger partial charge in [-0.15, -0.1) is 0 Å². The summed E-state index contributed by atoms with van der Waals surface area (Å²) in [6, 6.07) is -0.465. The van der Waals surface area contributed by atoms with E-state index in [1.807, 2.05) is 13.8 Å². The number of hydrogen-bond donors (Lipinski definition) is 1. The summed E-state index contributed by atoms with van der Waals surface area (Å²) < 4.78 is 5.54. The van der Waals surface area contributed by atoms with Crippen molar-refractivity contribution in [3.05, 3.63) is 17.8 Å². The molecule has 1 saturated heterocycles. The number of carbonyl (C=O) groups excluding carboxylic acids is 2. The quantitative estimate of drug-likeness (QED) is 0.900. The molecule has 20 heavy (non-hydrogen) atoms. The molecule has 0 radical (unpaired) electrons. The van der Waals surface area contributed by atoms with Crippen molar-refractivity contribution in [1.29, 1.82) is 0 Å². The summed E-state index contributed by atoms with van der Waals surface area (Å²) in [6.45, 7) is 7.50. The van der Waals surface area contributed by atoms with Crippen molar-refractivity contribution < 1.29 is 14.0 Å². The Morgan fingerprint density at radius 2 is 2.10 bits per heavy atom. The highest BCUT2D eigenvalue weighted by Crippen LogP contribution is 2.22. The van der Waals surface area contributed by atoms with Crippen molar-refractivity contribution >= 4 is 11.8 Å². The molecule has 0 bridgehead atoms. The number of carbonyl (C=O) groups is 2. The fourth-order valence-electron chi connectivity index (χ4n) is 2.40. The first kappa shape index (κ1) is 14.6. The third kappa shape index (κ3) is 2.55. The van der Waals surface area contributed by atoms with Crippen LogP contribution in [0.3, 0.4) is 0 Å². The molecule has 1 N–H and O–H groups in total. The zero-order valence-corrected chi connectivity index (χ0v) is 12.4. The number of piperazine rings is 1. The molecule has 6 nitrogen and oxygen atoms in total. The highest BCUT2D eigenvalue weighted by Gasteiger charge is 2.44. The Morgan fingerprint density at radius 3 is 2.65 bits per heavy atom. The molecular weight excluding hydrogens is 258 g/mol. The van der Waals surface area contributed by atoms with Crippen LogP contribution in [0.1, 0.15) is 45.8 Å². The Balaban J connectivity index is 2.25. The third-order valence-corrected chi connectivity index (χ3v) is 3.55. The molecule has 2 rings (SSSR count). The van der Waals surface area contributed by atoms with E-state index < -0.39 is 11.6 Å². The Labute approximate surface area is 118 Å². The monoisotopic (exact) mass is 279 g/mol. The van der Waals surface area contributed by atoms with E-state index in [-0.39, 0.29) is 18.4 Å². The molecule has 0 aliphatic carbocycles. The average Bonchev–Trinajstić information content (AvgIpc) is 2.83. The minimum Gasteiger partial charge on any atom is -0.444 e. The summed E-state index contributed by atoms with van der Waals surface area (Å²) in [5.74, 6) is 1.01. The van der Waals surface area contributed by atoms with Gasteiger partial charge in [-0.2, -0.15) is 0 Å². The van der Waals surface area contributed by atoms with Crippen LogP contribution in [0.5, 0.6) is 0 Å². The van der Waals surface area contributed by atoms with Crippen LogP contribution in [0.2, 0.25) is 0 Å². The molecule has 110 valence electrons. The van der Waals surface area contributed by atoms with Crippen LogP contribution in [-0.2, 0) is 22.6 Å². The fraction of sp³-hybridized carbons (Fsp3) is 0.643. The van der Waals surface area contributed by atoms with Gasteiger partial charge >= 0.3 is 0 Å². The molecule has 1 aromatic rings. The molecule has 1 aliphatic rings. The van der Waals surface area contributed by atoms with Gasteiger partial charge in [0.2, 0.25) is 17.7 Å². The second-order valence-electron chi connectivity index (χ2n) is 5.55. The molecule has 1 aliphatic heterocycles. The minimum atomic E-state index is -0.886. The summed E-state index contributed by atoms with van der Waals surface area (Å²) in [5.41, 5.74) is -0.886. The Bertz CT molecular complexity index is 521. The first-order valence-electron chi connectivity index (χ1n) is 6.95. The average molecular weight is 279 g/mol. The molecule has 0 spiro atoms. The lowest BCUT2D eigenvalue weighted by Gasteiger charge is -2.42. The molecule has 6 heteroatoms. The number of hydrogen-bond acceptors (Lipinski definition) is 4. The standard InChI is InChI=1S/C14H21N3O3/c1-5-9-7-15-11(20-9)8-17-10(6-2)12(18)16-14(3,4)13(17)19/h7,10H,5-6,8H2,1-4H3,(H,16,18). The molecule has 1 unspecified atom stereocenters. The van der Waals surface area contributed by atoms with Gasteiger partial charge in [-0.3, -0.25) is 9.59 Å². The van der Waals surface area contributed by atoms with Crippen LogP contribution in [-0.4, -0.2) is 33.3 Å². The predicted molar refractivity (Wildman–Crippen MR) is 72.7 cm³/mol. The fourth-order valence-corrected chi connectivity index (χ4v) is 2.40. The van der Waals surface area contributed by atoms with E-state index in [2.05, 4.69) is 10.3 Å². The van der Waals surface area contributed by atoms with E-state index in [0.29, 0.717) is 12.3 Å². The zero-order chi connectivity index (χ0) is 14.9. The third-order valence-electron chi connectivity index (χ3n) is 3.55. The lowest BCUT2D eigenvalue weighted by molar-refractivity contribution is -0.154. The van der Waals surface area contributed by atoms with E-state index in [1.54, 1.807) is 24.9 Å². The number of aryl methyl sites for hydroxylation is 1. The smallest absolute Gasteiger partial charge is 0.248 e. The summed E-state index contributed by atoms with van der Waals surface area (Å²) in [6.07, 6.45) is 2.98. The van der Waals surface area contributed by atoms with Gasteiger partial charge in [0, 0.05) is 6.42 Å². The second-order valence-corrected chi connectivity index (χ2v) is 5.55. The first-order chi connectivity index (χ1) is 9.39. The summed E-state index contributed by atoms with van der Waals surface area (Å²) >= 11 is 0. The molecule has 1 aromatic heterocycles. The maximum absolute atomic E-state index is 12.5. The lowest BCUT2D eigenvalue weighted by atomic mass is 9.96. The van der Waals surface area contributed by atoms with Gasteiger partial charge in [-0.25, -0.2) is 4.98 Å². The Kier molecular flexibility index (Phi) is 3.83. The van der Waals surface area contributed by atoms with E-state index in [1.165, 1.54) is 0 Å². The number of nitrogens with one attached hydrogen (secondary N) is 1. The molecule has 0 aromatic carbocycles. The molecule has 2 amide bonds. The van der Waals surface area contributed by atoms with Gasteiger partial charge in [-0.05, 0) is 20.3 Å². The summed E-state index contributed by atoms with van der Waals surface area (Å²) in [7, 11) is 0. The van der Waals surface area contributed by atoms with Gasteiger partial charge in [0.25, 0.3) is 0 Å². The zero-order valence-electron chi connectivity index (χ0n) is 12.4. The van der Waals surface area contributed by atoms with Crippen molar-refractivity contribution in [2.24, 2.45) is 0 Å². The Hall–Kier alpha value is -1.85. The maximum Gasteiger partial charge on any atom is 0.248 e. The molecular formula is C14H21N3O3. The minimum absolute atomic E-state index is 0.111. The van der Waals surface area contributed by atoms with Crippen molar-refractivity contribution in [2.75, 3.05) is 0 Å². The molecule has 2 heterocycles. The van der Waals surface area contributed by atoms with Gasteiger partial charge in [0.05, 0.1) is 12.7 Å². The SMILES string of the molecule is CCc1cnc(CN2C(=O)C(C)(C)NC(=O)C2CC)o1. The molecule has 1 atom stereocenters. The van der Waals surface area contributed by atoms with Gasteiger partial charge < -0.3 is 14.6 Å². The summed E-state index contributed by atoms with van der Waals surface area (Å²) in [5, 5.41) is 2.76. The predicted octanol–water partition coefficient (Wildman–Crippen LogP) is 1.25. The number of amides is 2. The Morgan fingerprint density at radius 1 is 1.40 bits per heavy atom. The normalized spacial score (nSPS) is 22.0. The topological polar surface area (TPSA) is 75.4 Å². The van der Waals surface area contributed by atoms with Crippen molar-refractivity contribution in [3.8, 4) is 0 Å². The van der Waals surface area contributed by atoms with Gasteiger partial charge in [0.15, 0.2) is 0 Å². The van der Waals surface area contributed by atoms with Gasteiger partial charge in [-0.1, -0.05) is 13.8 Å². The van der Waals surface area contributed by atoms with Crippen LogP contribution >= 0.6 is 0 Å². The van der Waals surface area contributed by atoms with Gasteiger partial charge in [0.1, 0.15) is 17.3 Å². The van der Waals surface area contributed by atoms with E-state index in [9.17, 15) is 9.59 Å². The lowest BCUT2D eigenvalue weighted by Crippen LogP contribution is -2.67. The van der Waals surface area contributed by atoms with Crippen LogP contribution in [0.25, 0.3) is 0 Å². The van der Waals surface area contributed by atoms with Crippen molar-refractivity contribution in [3.63, 3.8) is 0 Å². The highest BCUT2D eigenvalue weighted by atomic mass is 16.4.